The van der Waals surface area contributed by atoms with E-state index in [0.29, 0.717) is 17.1 Å². The van der Waals surface area contributed by atoms with Gasteiger partial charge in [-0.05, 0) is 30.3 Å². The third-order valence-corrected chi connectivity index (χ3v) is 4.32. The zero-order valence-corrected chi connectivity index (χ0v) is 17.2. The molecule has 0 unspecified atom stereocenters. The van der Waals surface area contributed by atoms with E-state index in [9.17, 15) is 14.4 Å². The van der Waals surface area contributed by atoms with Crippen molar-refractivity contribution in [2.45, 2.75) is 33.1 Å². The molecule has 0 spiro atoms. The first-order valence-electron chi connectivity index (χ1n) is 9.84. The van der Waals surface area contributed by atoms with Gasteiger partial charge in [-0.3, -0.25) is 14.4 Å². The molecule has 7 nitrogen and oxygen atoms in total. The number of benzene rings is 2. The van der Waals surface area contributed by atoms with Gasteiger partial charge in [-0.2, -0.15) is 5.26 Å². The Labute approximate surface area is 176 Å². The number of para-hydroxylation sites is 1. The van der Waals surface area contributed by atoms with Gasteiger partial charge in [-0.25, -0.2) is 0 Å². The van der Waals surface area contributed by atoms with E-state index in [1.165, 1.54) is 4.90 Å². The summed E-state index contributed by atoms with van der Waals surface area (Å²) in [5.74, 6) is -0.779. The minimum absolute atomic E-state index is 0.0112. The van der Waals surface area contributed by atoms with Gasteiger partial charge in [0.25, 0.3) is 0 Å². The molecule has 156 valence electrons. The standard InChI is InChI=1S/C23H26N4O3/c1-17(2)23(30)26-19-9-6-8-18(16-19)25-21(28)12-13-22(29)27(15-7-14-24)20-10-4-3-5-11-20/h3-6,8-11,16-17H,7,12-13,15H2,1-2H3,(H,25,28)(H,26,30). The second kappa shape index (κ2) is 11.4. The maximum absolute atomic E-state index is 12.6. The molecule has 0 saturated carbocycles. The van der Waals surface area contributed by atoms with Gasteiger partial charge >= 0.3 is 0 Å². The molecular formula is C23H26N4O3. The number of carbonyl (C=O) groups is 3. The maximum atomic E-state index is 12.6. The molecule has 0 aromatic heterocycles. The monoisotopic (exact) mass is 406 g/mol. The van der Waals surface area contributed by atoms with Crippen LogP contribution in [0.5, 0.6) is 0 Å². The fourth-order valence-corrected chi connectivity index (χ4v) is 2.71. The summed E-state index contributed by atoms with van der Waals surface area (Å²) in [6.45, 7) is 3.87. The quantitative estimate of drug-likeness (QED) is 0.658. The molecular weight excluding hydrogens is 380 g/mol. The van der Waals surface area contributed by atoms with Crippen LogP contribution in [0.1, 0.15) is 33.1 Å². The van der Waals surface area contributed by atoms with Crippen molar-refractivity contribution in [2.75, 3.05) is 22.1 Å². The summed E-state index contributed by atoms with van der Waals surface area (Å²) in [4.78, 5) is 38.3. The SMILES string of the molecule is CC(C)C(=O)Nc1cccc(NC(=O)CCC(=O)N(CCC#N)c2ccccc2)c1. The van der Waals surface area contributed by atoms with Gasteiger partial charge in [0.2, 0.25) is 17.7 Å². The van der Waals surface area contributed by atoms with Gasteiger partial charge < -0.3 is 15.5 Å². The predicted molar refractivity (Wildman–Crippen MR) is 117 cm³/mol. The smallest absolute Gasteiger partial charge is 0.227 e. The topological polar surface area (TPSA) is 102 Å². The second-order valence-corrected chi connectivity index (χ2v) is 7.06. The number of amides is 3. The highest BCUT2D eigenvalue weighted by Gasteiger charge is 2.17. The molecule has 2 rings (SSSR count). The van der Waals surface area contributed by atoms with Gasteiger partial charge in [0, 0.05) is 42.4 Å². The van der Waals surface area contributed by atoms with Crippen LogP contribution in [-0.2, 0) is 14.4 Å². The number of rotatable bonds is 9. The van der Waals surface area contributed by atoms with Crippen LogP contribution in [0.25, 0.3) is 0 Å². The largest absolute Gasteiger partial charge is 0.326 e. The van der Waals surface area contributed by atoms with Crippen molar-refractivity contribution in [3.05, 3.63) is 54.6 Å². The first kappa shape index (κ1) is 22.6. The average Bonchev–Trinajstić information content (AvgIpc) is 2.73. The Kier molecular flexibility index (Phi) is 8.57. The minimum atomic E-state index is -0.302. The van der Waals surface area contributed by atoms with Crippen LogP contribution in [0.4, 0.5) is 17.1 Å². The molecule has 0 heterocycles. The van der Waals surface area contributed by atoms with Crippen LogP contribution < -0.4 is 15.5 Å². The summed E-state index contributed by atoms with van der Waals surface area (Å²) >= 11 is 0. The maximum Gasteiger partial charge on any atom is 0.227 e. The zero-order chi connectivity index (χ0) is 21.9. The Morgan fingerprint density at radius 1 is 0.967 bits per heavy atom. The molecule has 0 saturated heterocycles. The highest BCUT2D eigenvalue weighted by atomic mass is 16.2. The lowest BCUT2D eigenvalue weighted by Gasteiger charge is -2.21. The van der Waals surface area contributed by atoms with Crippen LogP contribution in [0, 0.1) is 17.2 Å². The van der Waals surface area contributed by atoms with E-state index in [4.69, 9.17) is 5.26 Å². The lowest BCUT2D eigenvalue weighted by Crippen LogP contribution is -2.32. The molecule has 0 atom stereocenters. The van der Waals surface area contributed by atoms with Crippen molar-refractivity contribution >= 4 is 34.8 Å². The molecule has 0 aliphatic carbocycles. The Morgan fingerprint density at radius 2 is 1.63 bits per heavy atom. The molecule has 7 heteroatoms. The predicted octanol–water partition coefficient (Wildman–Crippen LogP) is 3.95. The molecule has 2 aromatic rings. The molecule has 0 bridgehead atoms. The van der Waals surface area contributed by atoms with Crippen molar-refractivity contribution in [1.29, 1.82) is 5.26 Å². The van der Waals surface area contributed by atoms with Gasteiger partial charge in [0.1, 0.15) is 0 Å². The summed E-state index contributed by atoms with van der Waals surface area (Å²) in [7, 11) is 0. The molecule has 2 N–H and O–H groups in total. The van der Waals surface area contributed by atoms with Crippen molar-refractivity contribution in [1.82, 2.24) is 0 Å². The van der Waals surface area contributed by atoms with Crippen LogP contribution in [-0.4, -0.2) is 24.3 Å². The fourth-order valence-electron chi connectivity index (χ4n) is 2.71. The third-order valence-electron chi connectivity index (χ3n) is 4.32. The number of nitriles is 1. The first-order valence-corrected chi connectivity index (χ1v) is 9.84. The number of hydrogen-bond donors (Lipinski definition) is 2. The molecule has 3 amide bonds. The van der Waals surface area contributed by atoms with Crippen molar-refractivity contribution in [2.24, 2.45) is 5.92 Å². The zero-order valence-electron chi connectivity index (χ0n) is 17.2. The highest BCUT2D eigenvalue weighted by Crippen LogP contribution is 2.18. The Morgan fingerprint density at radius 3 is 2.27 bits per heavy atom. The molecule has 0 aliphatic rings. The van der Waals surface area contributed by atoms with E-state index in [1.54, 1.807) is 50.2 Å². The Balaban J connectivity index is 1.94. The summed E-state index contributed by atoms with van der Waals surface area (Å²) in [6.07, 6.45) is 0.245. The van der Waals surface area contributed by atoms with E-state index in [-0.39, 0.29) is 49.4 Å². The normalized spacial score (nSPS) is 10.2. The van der Waals surface area contributed by atoms with Gasteiger partial charge in [0.15, 0.2) is 0 Å². The number of anilines is 3. The fraction of sp³-hybridized carbons (Fsp3) is 0.304. The van der Waals surface area contributed by atoms with Crippen LogP contribution in [0.2, 0.25) is 0 Å². The minimum Gasteiger partial charge on any atom is -0.326 e. The first-order chi connectivity index (χ1) is 14.4. The summed E-state index contributed by atoms with van der Waals surface area (Å²) < 4.78 is 0. The lowest BCUT2D eigenvalue weighted by molar-refractivity contribution is -0.122. The number of hydrogen-bond acceptors (Lipinski definition) is 4. The molecule has 2 aromatic carbocycles. The van der Waals surface area contributed by atoms with Gasteiger partial charge in [-0.15, -0.1) is 0 Å². The van der Waals surface area contributed by atoms with Crippen LogP contribution in [0.15, 0.2) is 54.6 Å². The van der Waals surface area contributed by atoms with Crippen molar-refractivity contribution in [3.63, 3.8) is 0 Å². The average molecular weight is 406 g/mol. The van der Waals surface area contributed by atoms with Crippen LogP contribution in [0.3, 0.4) is 0 Å². The van der Waals surface area contributed by atoms with E-state index in [2.05, 4.69) is 10.6 Å². The number of carbonyl (C=O) groups excluding carboxylic acids is 3. The van der Waals surface area contributed by atoms with Gasteiger partial charge in [0.05, 0.1) is 12.5 Å². The van der Waals surface area contributed by atoms with E-state index < -0.39 is 0 Å². The summed E-state index contributed by atoms with van der Waals surface area (Å²) in [5, 5.41) is 14.4. The Bertz CT molecular complexity index is 920. The van der Waals surface area contributed by atoms with Crippen LogP contribution >= 0.6 is 0 Å². The highest BCUT2D eigenvalue weighted by molar-refractivity contribution is 5.98. The third kappa shape index (κ3) is 7.06. The van der Waals surface area contributed by atoms with Gasteiger partial charge in [-0.1, -0.05) is 38.1 Å². The Hall–Kier alpha value is -3.66. The molecule has 0 radical (unpaired) electrons. The summed E-state index contributed by atoms with van der Waals surface area (Å²) in [6, 6.07) is 18.0. The van der Waals surface area contributed by atoms with E-state index >= 15 is 0 Å². The van der Waals surface area contributed by atoms with E-state index in [0.717, 1.165) is 0 Å². The summed E-state index contributed by atoms with van der Waals surface area (Å²) in [5.41, 5.74) is 1.83. The molecule has 0 fully saturated rings. The lowest BCUT2D eigenvalue weighted by atomic mass is 10.2. The van der Waals surface area contributed by atoms with Crippen molar-refractivity contribution in [3.8, 4) is 6.07 Å². The van der Waals surface area contributed by atoms with E-state index in [1.807, 2.05) is 24.3 Å². The molecule has 0 aliphatic heterocycles. The van der Waals surface area contributed by atoms with Crippen molar-refractivity contribution < 1.29 is 14.4 Å². The number of nitrogens with zero attached hydrogens (tertiary/aromatic N) is 2. The number of nitrogens with one attached hydrogen (secondary N) is 2. The molecule has 30 heavy (non-hydrogen) atoms. The second-order valence-electron chi connectivity index (χ2n) is 7.06.